The zero-order chi connectivity index (χ0) is 15.9. The van der Waals surface area contributed by atoms with Gasteiger partial charge in [0.05, 0.1) is 10.0 Å². The van der Waals surface area contributed by atoms with Crippen molar-refractivity contribution in [2.24, 2.45) is 5.92 Å². The number of piperazine rings is 1. The Hall–Kier alpha value is -0.210. The van der Waals surface area contributed by atoms with E-state index in [9.17, 15) is 18.3 Å². The average molecular weight is 452 g/mol. The van der Waals surface area contributed by atoms with Crippen LogP contribution in [-0.4, -0.2) is 36.2 Å². The highest BCUT2D eigenvalue weighted by molar-refractivity contribution is 9.10. The number of aromatic hydroxyl groups is 1. The largest absolute Gasteiger partial charge is 0.506 e. The van der Waals surface area contributed by atoms with Gasteiger partial charge in [-0.2, -0.15) is 13.2 Å². The van der Waals surface area contributed by atoms with Gasteiger partial charge in [-0.1, -0.05) is 0 Å². The molecule has 2 aliphatic rings. The first-order chi connectivity index (χ1) is 10.4. The molecule has 1 aliphatic heterocycles. The van der Waals surface area contributed by atoms with Crippen molar-refractivity contribution >= 4 is 40.7 Å². The van der Waals surface area contributed by atoms with E-state index in [-0.39, 0.29) is 48.1 Å². The van der Waals surface area contributed by atoms with Crippen LogP contribution in [0, 0.1) is 5.92 Å². The highest BCUT2D eigenvalue weighted by atomic mass is 79.9. The van der Waals surface area contributed by atoms with Crippen LogP contribution >= 0.6 is 40.7 Å². The molecule has 1 saturated carbocycles. The summed E-state index contributed by atoms with van der Waals surface area (Å²) in [6, 6.07) is 1.97. The third-order valence-corrected chi connectivity index (χ3v) is 5.02. The maximum absolute atomic E-state index is 13.4. The minimum atomic E-state index is -4.46. The standard InChI is InChI=1S/C15H18BrF3N2O.2ClH/c16-11-4-3-10(15(17,18)19)12(14(11)22)13(9-1-2-9)21-7-5-20-6-8-21;;/h3-4,9,13,20,22H,1-2,5-8H2;2*1H/t13-;;/m0../s1. The molecule has 3 nitrogen and oxygen atoms in total. The van der Waals surface area contributed by atoms with Crippen LogP contribution in [0.15, 0.2) is 16.6 Å². The van der Waals surface area contributed by atoms with Gasteiger partial charge in [-0.3, -0.25) is 4.90 Å². The molecule has 1 aromatic carbocycles. The van der Waals surface area contributed by atoms with Gasteiger partial charge in [0.25, 0.3) is 0 Å². The lowest BCUT2D eigenvalue weighted by atomic mass is 9.93. The first-order valence-corrected chi connectivity index (χ1v) is 8.22. The summed E-state index contributed by atoms with van der Waals surface area (Å²) in [6.07, 6.45) is -2.63. The summed E-state index contributed by atoms with van der Waals surface area (Å²) in [5.74, 6) is -0.0790. The van der Waals surface area contributed by atoms with Crippen LogP contribution in [0.4, 0.5) is 13.2 Å². The van der Waals surface area contributed by atoms with E-state index in [1.165, 1.54) is 6.07 Å². The predicted octanol–water partition coefficient (Wildman–Crippen LogP) is 4.37. The van der Waals surface area contributed by atoms with E-state index in [0.717, 1.165) is 32.0 Å². The SMILES string of the molecule is Cl.Cl.Oc1c(Br)ccc(C(F)(F)F)c1[C@H](C1CC1)N1CCNCC1. The Morgan fingerprint density at radius 3 is 2.25 bits per heavy atom. The first kappa shape index (κ1) is 21.8. The molecule has 2 fully saturated rings. The fraction of sp³-hybridized carbons (Fsp3) is 0.600. The maximum atomic E-state index is 13.4. The number of alkyl halides is 3. The fourth-order valence-electron chi connectivity index (χ4n) is 3.22. The quantitative estimate of drug-likeness (QED) is 0.716. The van der Waals surface area contributed by atoms with E-state index in [1.54, 1.807) is 0 Å². The van der Waals surface area contributed by atoms with Crippen LogP contribution < -0.4 is 5.32 Å². The maximum Gasteiger partial charge on any atom is 0.416 e. The Morgan fingerprint density at radius 1 is 1.17 bits per heavy atom. The Morgan fingerprint density at radius 2 is 1.75 bits per heavy atom. The molecule has 1 aromatic rings. The van der Waals surface area contributed by atoms with Gasteiger partial charge in [-0.05, 0) is 46.8 Å². The van der Waals surface area contributed by atoms with Gasteiger partial charge in [0.1, 0.15) is 5.75 Å². The number of phenols is 1. The average Bonchev–Trinajstić information content (AvgIpc) is 3.28. The lowest BCUT2D eigenvalue weighted by Gasteiger charge is -2.37. The summed E-state index contributed by atoms with van der Waals surface area (Å²) in [4.78, 5) is 2.07. The summed E-state index contributed by atoms with van der Waals surface area (Å²) >= 11 is 3.16. The predicted molar refractivity (Wildman–Crippen MR) is 95.2 cm³/mol. The van der Waals surface area contributed by atoms with Crippen molar-refractivity contribution in [3.05, 3.63) is 27.7 Å². The second kappa shape index (κ2) is 8.45. The van der Waals surface area contributed by atoms with Crippen molar-refractivity contribution in [1.82, 2.24) is 10.2 Å². The summed E-state index contributed by atoms with van der Waals surface area (Å²) in [5, 5.41) is 13.5. The number of nitrogens with zero attached hydrogens (tertiary/aromatic N) is 1. The molecular weight excluding hydrogens is 432 g/mol. The number of halogens is 6. The van der Waals surface area contributed by atoms with E-state index >= 15 is 0 Å². The van der Waals surface area contributed by atoms with E-state index in [4.69, 9.17) is 0 Å². The number of benzene rings is 1. The number of hydrogen-bond donors (Lipinski definition) is 2. The molecule has 1 heterocycles. The van der Waals surface area contributed by atoms with Crippen molar-refractivity contribution in [1.29, 1.82) is 0 Å². The van der Waals surface area contributed by atoms with Crippen molar-refractivity contribution in [3.63, 3.8) is 0 Å². The second-order valence-electron chi connectivity index (χ2n) is 5.92. The van der Waals surface area contributed by atoms with Gasteiger partial charge in [0.2, 0.25) is 0 Å². The molecule has 9 heteroatoms. The Balaban J connectivity index is 0.00000144. The van der Waals surface area contributed by atoms with Gasteiger partial charge in [-0.25, -0.2) is 0 Å². The van der Waals surface area contributed by atoms with Gasteiger partial charge >= 0.3 is 6.18 Å². The first-order valence-electron chi connectivity index (χ1n) is 7.43. The molecule has 1 atom stereocenters. The van der Waals surface area contributed by atoms with Crippen molar-refractivity contribution in [3.8, 4) is 5.75 Å². The highest BCUT2D eigenvalue weighted by Gasteiger charge is 2.44. The van der Waals surface area contributed by atoms with Crippen LogP contribution in [-0.2, 0) is 6.18 Å². The number of hydrogen-bond acceptors (Lipinski definition) is 3. The lowest BCUT2D eigenvalue weighted by Crippen LogP contribution is -2.46. The minimum Gasteiger partial charge on any atom is -0.506 e. The molecule has 0 radical (unpaired) electrons. The Labute approximate surface area is 159 Å². The Kier molecular flexibility index (Phi) is 7.68. The molecule has 0 unspecified atom stereocenters. The normalized spacial score (nSPS) is 20.0. The van der Waals surface area contributed by atoms with Crippen LogP contribution in [0.3, 0.4) is 0 Å². The number of nitrogens with one attached hydrogen (secondary N) is 1. The summed E-state index contributed by atoms with van der Waals surface area (Å²) in [6.45, 7) is 2.92. The minimum absolute atomic E-state index is 0. The molecular formula is C15H20BrCl2F3N2O. The summed E-state index contributed by atoms with van der Waals surface area (Å²) in [5.41, 5.74) is -0.685. The van der Waals surface area contributed by atoms with Crippen LogP contribution in [0.5, 0.6) is 5.75 Å². The van der Waals surface area contributed by atoms with E-state index in [0.29, 0.717) is 17.6 Å². The molecule has 0 spiro atoms. The molecule has 0 aromatic heterocycles. The zero-order valence-corrected chi connectivity index (χ0v) is 16.0. The number of phenolic OH excluding ortho intramolecular Hbond substituents is 1. The molecule has 0 amide bonds. The molecule has 1 aliphatic carbocycles. The third kappa shape index (κ3) is 4.49. The summed E-state index contributed by atoms with van der Waals surface area (Å²) in [7, 11) is 0. The molecule has 24 heavy (non-hydrogen) atoms. The molecule has 138 valence electrons. The van der Waals surface area contributed by atoms with Gasteiger partial charge in [0.15, 0.2) is 0 Å². The Bertz CT molecular complexity index is 564. The molecule has 0 bridgehead atoms. The third-order valence-electron chi connectivity index (χ3n) is 4.38. The monoisotopic (exact) mass is 450 g/mol. The van der Waals surface area contributed by atoms with Crippen molar-refractivity contribution < 1.29 is 18.3 Å². The molecule has 3 rings (SSSR count). The van der Waals surface area contributed by atoms with Crippen LogP contribution in [0.1, 0.15) is 30.0 Å². The zero-order valence-electron chi connectivity index (χ0n) is 12.8. The number of rotatable bonds is 3. The second-order valence-corrected chi connectivity index (χ2v) is 6.78. The topological polar surface area (TPSA) is 35.5 Å². The van der Waals surface area contributed by atoms with Crippen LogP contribution in [0.25, 0.3) is 0 Å². The van der Waals surface area contributed by atoms with E-state index in [2.05, 4.69) is 26.1 Å². The van der Waals surface area contributed by atoms with E-state index < -0.39 is 11.7 Å². The lowest BCUT2D eigenvalue weighted by molar-refractivity contribution is -0.139. The van der Waals surface area contributed by atoms with Crippen molar-refractivity contribution in [2.75, 3.05) is 26.2 Å². The summed E-state index contributed by atoms with van der Waals surface area (Å²) < 4.78 is 40.6. The van der Waals surface area contributed by atoms with Crippen molar-refractivity contribution in [2.45, 2.75) is 25.1 Å². The van der Waals surface area contributed by atoms with Crippen LogP contribution in [0.2, 0.25) is 0 Å². The van der Waals surface area contributed by atoms with Gasteiger partial charge < -0.3 is 10.4 Å². The van der Waals surface area contributed by atoms with Gasteiger partial charge in [-0.15, -0.1) is 24.8 Å². The highest BCUT2D eigenvalue weighted by Crippen LogP contribution is 2.51. The molecule has 1 saturated heterocycles. The smallest absolute Gasteiger partial charge is 0.416 e. The van der Waals surface area contributed by atoms with E-state index in [1.807, 2.05) is 0 Å². The van der Waals surface area contributed by atoms with Gasteiger partial charge in [0, 0.05) is 37.8 Å². The fourth-order valence-corrected chi connectivity index (χ4v) is 3.56. The molecule has 2 N–H and O–H groups in total.